The van der Waals surface area contributed by atoms with Crippen LogP contribution in [0.1, 0.15) is 37.0 Å². The smallest absolute Gasteiger partial charge is 0.255 e. The van der Waals surface area contributed by atoms with E-state index in [0.717, 1.165) is 0 Å². The minimum absolute atomic E-state index is 0.101. The van der Waals surface area contributed by atoms with Gasteiger partial charge in [0.05, 0.1) is 30.5 Å². The highest BCUT2D eigenvalue weighted by Gasteiger charge is 2.28. The summed E-state index contributed by atoms with van der Waals surface area (Å²) in [5.74, 6) is 0.0703. The van der Waals surface area contributed by atoms with Crippen LogP contribution in [0.4, 0.5) is 5.69 Å². The Hall–Kier alpha value is -1.75. The van der Waals surface area contributed by atoms with E-state index in [1.165, 1.54) is 7.11 Å². The third-order valence-corrected chi connectivity index (χ3v) is 3.53. The Kier molecular flexibility index (Phi) is 5.18. The highest BCUT2D eigenvalue weighted by Crippen LogP contribution is 2.26. The van der Waals surface area contributed by atoms with E-state index >= 15 is 0 Å². The summed E-state index contributed by atoms with van der Waals surface area (Å²) in [6.45, 7) is 3.75. The van der Waals surface area contributed by atoms with Gasteiger partial charge in [-0.15, -0.1) is 0 Å². The summed E-state index contributed by atoms with van der Waals surface area (Å²) in [6, 6.07) is 5.03. The molecule has 5 heteroatoms. The molecule has 0 bridgehead atoms. The van der Waals surface area contributed by atoms with Crippen molar-refractivity contribution in [2.45, 2.75) is 32.2 Å². The second-order valence-electron chi connectivity index (χ2n) is 4.53. The molecule has 0 saturated carbocycles. The zero-order valence-corrected chi connectivity index (χ0v) is 11.7. The summed E-state index contributed by atoms with van der Waals surface area (Å²) >= 11 is 0. The Morgan fingerprint density at radius 3 is 2.53 bits per heavy atom. The molecule has 4 N–H and O–H groups in total. The summed E-state index contributed by atoms with van der Waals surface area (Å²) in [4.78, 5) is 12.3. The molecule has 106 valence electrons. The first-order chi connectivity index (χ1) is 9.03. The van der Waals surface area contributed by atoms with Gasteiger partial charge in [-0.2, -0.15) is 0 Å². The van der Waals surface area contributed by atoms with Crippen molar-refractivity contribution in [3.8, 4) is 5.75 Å². The molecule has 0 heterocycles. The van der Waals surface area contributed by atoms with Gasteiger partial charge in [0.15, 0.2) is 5.75 Å². The van der Waals surface area contributed by atoms with Crippen molar-refractivity contribution in [2.75, 3.05) is 19.5 Å². The molecule has 0 aliphatic heterocycles. The highest BCUT2D eigenvalue weighted by molar-refractivity contribution is 5.99. The molecular formula is C14H22N2O3. The number of carbonyl (C=O) groups excluding carboxylic acids is 1. The lowest BCUT2D eigenvalue weighted by Crippen LogP contribution is -2.50. The Labute approximate surface area is 113 Å². The SMILES string of the molecule is CCC(CC)(CO)NC(=O)c1cccc(N)c1OC. The lowest BCUT2D eigenvalue weighted by Gasteiger charge is -2.31. The van der Waals surface area contributed by atoms with Crippen molar-refractivity contribution in [3.63, 3.8) is 0 Å². The summed E-state index contributed by atoms with van der Waals surface area (Å²) in [5.41, 5.74) is 5.96. The summed E-state index contributed by atoms with van der Waals surface area (Å²) in [7, 11) is 1.47. The minimum atomic E-state index is -0.604. The van der Waals surface area contributed by atoms with Crippen LogP contribution in [-0.4, -0.2) is 30.3 Å². The number of hydrogen-bond donors (Lipinski definition) is 3. The maximum absolute atomic E-state index is 12.3. The lowest BCUT2D eigenvalue weighted by atomic mass is 9.93. The van der Waals surface area contributed by atoms with Crippen molar-refractivity contribution in [1.29, 1.82) is 0 Å². The number of para-hydroxylation sites is 1. The maximum Gasteiger partial charge on any atom is 0.255 e. The van der Waals surface area contributed by atoms with Crippen LogP contribution < -0.4 is 15.8 Å². The van der Waals surface area contributed by atoms with Crippen LogP contribution in [0, 0.1) is 0 Å². The number of methoxy groups -OCH3 is 1. The van der Waals surface area contributed by atoms with Gasteiger partial charge in [0, 0.05) is 0 Å². The van der Waals surface area contributed by atoms with Crippen molar-refractivity contribution in [1.82, 2.24) is 5.32 Å². The fraction of sp³-hybridized carbons (Fsp3) is 0.500. The van der Waals surface area contributed by atoms with E-state index in [9.17, 15) is 9.90 Å². The predicted octanol–water partition coefficient (Wildman–Crippen LogP) is 1.56. The van der Waals surface area contributed by atoms with Crippen molar-refractivity contribution < 1.29 is 14.6 Å². The van der Waals surface area contributed by atoms with Crippen molar-refractivity contribution >= 4 is 11.6 Å². The molecule has 1 rings (SSSR count). The summed E-state index contributed by atoms with van der Waals surface area (Å²) in [5, 5.41) is 12.4. The monoisotopic (exact) mass is 266 g/mol. The number of nitrogen functional groups attached to an aromatic ring is 1. The molecule has 0 aliphatic carbocycles. The van der Waals surface area contributed by atoms with Gasteiger partial charge in [0.2, 0.25) is 0 Å². The summed E-state index contributed by atoms with van der Waals surface area (Å²) in [6.07, 6.45) is 1.30. The zero-order chi connectivity index (χ0) is 14.5. The number of ether oxygens (including phenoxy) is 1. The number of aliphatic hydroxyl groups is 1. The van der Waals surface area contributed by atoms with E-state index in [-0.39, 0.29) is 12.5 Å². The van der Waals surface area contributed by atoms with E-state index < -0.39 is 5.54 Å². The molecule has 0 atom stereocenters. The van der Waals surface area contributed by atoms with Crippen LogP contribution in [0.2, 0.25) is 0 Å². The van der Waals surface area contributed by atoms with Crippen LogP contribution >= 0.6 is 0 Å². The third-order valence-electron chi connectivity index (χ3n) is 3.53. The van der Waals surface area contributed by atoms with Crippen LogP contribution in [0.3, 0.4) is 0 Å². The molecule has 5 nitrogen and oxygen atoms in total. The van der Waals surface area contributed by atoms with Crippen molar-refractivity contribution in [3.05, 3.63) is 23.8 Å². The largest absolute Gasteiger partial charge is 0.494 e. The Morgan fingerprint density at radius 1 is 1.42 bits per heavy atom. The van der Waals surface area contributed by atoms with Gasteiger partial charge in [0.25, 0.3) is 5.91 Å². The molecule has 19 heavy (non-hydrogen) atoms. The number of nitrogens with two attached hydrogens (primary N) is 1. The third kappa shape index (κ3) is 3.17. The van der Waals surface area contributed by atoms with Crippen LogP contribution in [0.15, 0.2) is 18.2 Å². The van der Waals surface area contributed by atoms with Crippen LogP contribution in [-0.2, 0) is 0 Å². The number of aliphatic hydroxyl groups excluding tert-OH is 1. The Morgan fingerprint density at radius 2 is 2.05 bits per heavy atom. The standard InChI is InChI=1S/C14H22N2O3/c1-4-14(5-2,9-17)16-13(18)10-7-6-8-11(15)12(10)19-3/h6-8,17H,4-5,9,15H2,1-3H3,(H,16,18). The van der Waals surface area contributed by atoms with E-state index in [0.29, 0.717) is 29.8 Å². The minimum Gasteiger partial charge on any atom is -0.494 e. The molecule has 1 amide bonds. The first-order valence-corrected chi connectivity index (χ1v) is 6.39. The second-order valence-corrected chi connectivity index (χ2v) is 4.53. The number of nitrogens with one attached hydrogen (secondary N) is 1. The van der Waals surface area contributed by atoms with E-state index in [1.54, 1.807) is 18.2 Å². The lowest BCUT2D eigenvalue weighted by molar-refractivity contribution is 0.0815. The number of benzene rings is 1. The van der Waals surface area contributed by atoms with Gasteiger partial charge < -0.3 is 20.9 Å². The molecule has 0 fully saturated rings. The number of rotatable bonds is 6. The van der Waals surface area contributed by atoms with E-state index in [2.05, 4.69) is 5.32 Å². The number of hydrogen-bond acceptors (Lipinski definition) is 4. The van der Waals surface area contributed by atoms with E-state index in [1.807, 2.05) is 13.8 Å². The topological polar surface area (TPSA) is 84.6 Å². The van der Waals surface area contributed by atoms with Gasteiger partial charge in [-0.3, -0.25) is 4.79 Å². The molecule has 0 radical (unpaired) electrons. The molecule has 0 unspecified atom stereocenters. The Balaban J connectivity index is 3.04. The fourth-order valence-corrected chi connectivity index (χ4v) is 1.96. The molecule has 0 aliphatic rings. The number of anilines is 1. The van der Waals surface area contributed by atoms with Crippen LogP contribution in [0.25, 0.3) is 0 Å². The maximum atomic E-state index is 12.3. The molecule has 0 aromatic heterocycles. The molecule has 0 spiro atoms. The molecule has 1 aromatic carbocycles. The van der Waals surface area contributed by atoms with Gasteiger partial charge in [-0.05, 0) is 25.0 Å². The summed E-state index contributed by atoms with van der Waals surface area (Å²) < 4.78 is 5.16. The average molecular weight is 266 g/mol. The molecular weight excluding hydrogens is 244 g/mol. The first kappa shape index (κ1) is 15.3. The normalized spacial score (nSPS) is 11.2. The molecule has 0 saturated heterocycles. The second kappa shape index (κ2) is 6.43. The quantitative estimate of drug-likeness (QED) is 0.682. The number of amides is 1. The average Bonchev–Trinajstić information content (AvgIpc) is 2.44. The van der Waals surface area contributed by atoms with E-state index in [4.69, 9.17) is 10.5 Å². The van der Waals surface area contributed by atoms with Gasteiger partial charge in [-0.25, -0.2) is 0 Å². The predicted molar refractivity (Wildman–Crippen MR) is 75.3 cm³/mol. The first-order valence-electron chi connectivity index (χ1n) is 6.39. The zero-order valence-electron chi connectivity index (χ0n) is 11.7. The van der Waals surface area contributed by atoms with Gasteiger partial charge in [0.1, 0.15) is 0 Å². The van der Waals surface area contributed by atoms with Crippen molar-refractivity contribution in [2.24, 2.45) is 0 Å². The van der Waals surface area contributed by atoms with Crippen LogP contribution in [0.5, 0.6) is 5.75 Å². The molecule has 1 aromatic rings. The van der Waals surface area contributed by atoms with Gasteiger partial charge >= 0.3 is 0 Å². The van der Waals surface area contributed by atoms with Gasteiger partial charge in [-0.1, -0.05) is 19.9 Å². The fourth-order valence-electron chi connectivity index (χ4n) is 1.96. The highest BCUT2D eigenvalue weighted by atomic mass is 16.5. The Bertz CT molecular complexity index is 434. The number of carbonyl (C=O) groups is 1.